The van der Waals surface area contributed by atoms with E-state index < -0.39 is 6.17 Å². The van der Waals surface area contributed by atoms with Gasteiger partial charge >= 0.3 is 0 Å². The summed E-state index contributed by atoms with van der Waals surface area (Å²) >= 11 is 5.55. The van der Waals surface area contributed by atoms with Crippen molar-refractivity contribution in [3.8, 4) is 0 Å². The van der Waals surface area contributed by atoms with Gasteiger partial charge < -0.3 is 4.48 Å². The zero-order chi connectivity index (χ0) is 12.1. The number of nitrogens with zero attached hydrogens (tertiary/aromatic N) is 1. The van der Waals surface area contributed by atoms with E-state index in [9.17, 15) is 4.39 Å². The van der Waals surface area contributed by atoms with Gasteiger partial charge in [0, 0.05) is 12.0 Å². The summed E-state index contributed by atoms with van der Waals surface area (Å²) in [6.07, 6.45) is 1.25. The smallest absolute Gasteiger partial charge is 0.106 e. The Hall–Kier alpha value is 0.140. The van der Waals surface area contributed by atoms with Crippen molar-refractivity contribution in [1.82, 2.24) is 4.84 Å². The Morgan fingerprint density at radius 1 is 1.27 bits per heavy atom. The van der Waals surface area contributed by atoms with E-state index >= 15 is 0 Å². The summed E-state index contributed by atoms with van der Waals surface area (Å²) in [5, 5.41) is 0. The minimum Gasteiger partial charge on any atom is -0.331 e. The zero-order valence-electron chi connectivity index (χ0n) is 10.6. The highest BCUT2D eigenvalue weighted by atomic mass is 35.5. The summed E-state index contributed by atoms with van der Waals surface area (Å²) in [5.41, 5.74) is -0.178. The summed E-state index contributed by atoms with van der Waals surface area (Å²) in [5.74, 6) is 0. The van der Waals surface area contributed by atoms with Crippen LogP contribution in [0.25, 0.3) is 0 Å². The Morgan fingerprint density at radius 2 is 1.80 bits per heavy atom. The Bertz CT molecular complexity index is 178. The summed E-state index contributed by atoms with van der Waals surface area (Å²) in [7, 11) is 6.24. The third-order valence-corrected chi connectivity index (χ3v) is 2.96. The number of rotatable bonds is 7. The topological polar surface area (TPSA) is 12.0 Å². The van der Waals surface area contributed by atoms with E-state index in [0.29, 0.717) is 12.8 Å². The molecule has 0 spiro atoms. The minimum atomic E-state index is -0.716. The van der Waals surface area contributed by atoms with Gasteiger partial charge in [-0.05, 0) is 38.5 Å². The lowest BCUT2D eigenvalue weighted by Gasteiger charge is -2.26. The second-order valence-electron chi connectivity index (χ2n) is 5.92. The fourth-order valence-corrected chi connectivity index (χ4v) is 1.33. The van der Waals surface area contributed by atoms with Crippen molar-refractivity contribution in [2.75, 3.05) is 27.7 Å². The molecule has 1 atom stereocenters. The van der Waals surface area contributed by atoms with Gasteiger partial charge in [-0.1, -0.05) is 0 Å². The van der Waals surface area contributed by atoms with Crippen molar-refractivity contribution in [2.45, 2.75) is 44.8 Å². The SMILES string of the molecule is CC(C)(CCC(F)CC[N+](C)(C)C)NCl. The predicted molar refractivity (Wildman–Crippen MR) is 64.7 cm³/mol. The highest BCUT2D eigenvalue weighted by molar-refractivity contribution is 6.13. The average molecular weight is 240 g/mol. The molecule has 0 aliphatic heterocycles. The van der Waals surface area contributed by atoms with E-state index in [0.717, 1.165) is 17.4 Å². The highest BCUT2D eigenvalue weighted by Crippen LogP contribution is 2.17. The van der Waals surface area contributed by atoms with Gasteiger partial charge in [0.25, 0.3) is 0 Å². The number of halogens is 2. The van der Waals surface area contributed by atoms with Crippen LogP contribution in [0.1, 0.15) is 33.1 Å². The molecule has 92 valence electrons. The number of hydrogen-bond donors (Lipinski definition) is 1. The largest absolute Gasteiger partial charge is 0.331 e. The third-order valence-electron chi connectivity index (χ3n) is 2.45. The van der Waals surface area contributed by atoms with E-state index in [2.05, 4.69) is 26.0 Å². The average Bonchev–Trinajstić information content (AvgIpc) is 2.10. The number of nitrogens with one attached hydrogen (secondary N) is 1. The second-order valence-corrected chi connectivity index (χ2v) is 6.11. The van der Waals surface area contributed by atoms with Crippen LogP contribution in [0.4, 0.5) is 4.39 Å². The molecule has 0 aliphatic carbocycles. The number of hydrogen-bond acceptors (Lipinski definition) is 1. The molecule has 0 aliphatic rings. The lowest BCUT2D eigenvalue weighted by molar-refractivity contribution is -0.870. The van der Waals surface area contributed by atoms with Crippen LogP contribution >= 0.6 is 11.8 Å². The molecule has 1 unspecified atom stereocenters. The Kier molecular flexibility index (Phi) is 6.08. The van der Waals surface area contributed by atoms with Crippen molar-refractivity contribution in [3.63, 3.8) is 0 Å². The first-order valence-electron chi connectivity index (χ1n) is 5.49. The van der Waals surface area contributed by atoms with E-state index in [1.54, 1.807) is 0 Å². The molecule has 0 amide bonds. The molecule has 2 nitrogen and oxygen atoms in total. The van der Waals surface area contributed by atoms with Gasteiger partial charge in [0.15, 0.2) is 0 Å². The normalized spacial score (nSPS) is 15.4. The summed E-state index contributed by atoms with van der Waals surface area (Å²) in [4.78, 5) is 2.67. The molecule has 0 aromatic rings. The monoisotopic (exact) mass is 239 g/mol. The van der Waals surface area contributed by atoms with Gasteiger partial charge in [-0.3, -0.25) is 0 Å². The molecule has 0 aromatic carbocycles. The Morgan fingerprint density at radius 3 is 2.20 bits per heavy atom. The van der Waals surface area contributed by atoms with E-state index in [4.69, 9.17) is 11.8 Å². The molecule has 0 fully saturated rings. The van der Waals surface area contributed by atoms with Gasteiger partial charge in [-0.15, -0.1) is 0 Å². The van der Waals surface area contributed by atoms with Gasteiger partial charge in [0.2, 0.25) is 0 Å². The molecule has 0 saturated heterocycles. The molecule has 0 aromatic heterocycles. The van der Waals surface area contributed by atoms with Gasteiger partial charge in [-0.25, -0.2) is 9.23 Å². The standard InChI is InChI=1S/C11H25ClFN2/c1-11(2,14-12)8-6-10(13)7-9-15(3,4)5/h10,14H,6-9H2,1-5H3/q+1. The quantitative estimate of drug-likeness (QED) is 0.532. The predicted octanol–water partition coefficient (Wildman–Crippen LogP) is 2.72. The van der Waals surface area contributed by atoms with Crippen LogP contribution in [0.2, 0.25) is 0 Å². The van der Waals surface area contributed by atoms with Crippen LogP contribution in [-0.2, 0) is 0 Å². The first kappa shape index (κ1) is 15.1. The maximum Gasteiger partial charge on any atom is 0.106 e. The fraction of sp³-hybridized carbons (Fsp3) is 1.00. The zero-order valence-corrected chi connectivity index (χ0v) is 11.4. The van der Waals surface area contributed by atoms with Gasteiger partial charge in [0.05, 0.1) is 27.7 Å². The first-order chi connectivity index (χ1) is 6.66. The molecule has 0 rings (SSSR count). The Labute approximate surface area is 98.5 Å². The van der Waals surface area contributed by atoms with Crippen molar-refractivity contribution in [2.24, 2.45) is 0 Å². The maximum absolute atomic E-state index is 13.5. The summed E-state index contributed by atoms with van der Waals surface area (Å²) in [6, 6.07) is 0. The van der Waals surface area contributed by atoms with E-state index in [1.807, 2.05) is 13.8 Å². The van der Waals surface area contributed by atoms with Gasteiger partial charge in [-0.2, -0.15) is 0 Å². The second kappa shape index (κ2) is 6.02. The van der Waals surface area contributed by atoms with Crippen LogP contribution in [0.15, 0.2) is 0 Å². The number of quaternary nitrogens is 1. The number of alkyl halides is 1. The molecule has 1 N–H and O–H groups in total. The molecule has 0 bridgehead atoms. The van der Waals surface area contributed by atoms with E-state index in [-0.39, 0.29) is 5.54 Å². The first-order valence-corrected chi connectivity index (χ1v) is 5.86. The highest BCUT2D eigenvalue weighted by Gasteiger charge is 2.20. The van der Waals surface area contributed by atoms with Crippen LogP contribution in [-0.4, -0.2) is 43.9 Å². The van der Waals surface area contributed by atoms with E-state index in [1.165, 1.54) is 0 Å². The van der Waals surface area contributed by atoms with Crippen molar-refractivity contribution in [3.05, 3.63) is 0 Å². The summed E-state index contributed by atoms with van der Waals surface area (Å²) in [6.45, 7) is 4.83. The molecule has 15 heavy (non-hydrogen) atoms. The Balaban J connectivity index is 3.71. The van der Waals surface area contributed by atoms with Crippen molar-refractivity contribution in [1.29, 1.82) is 0 Å². The van der Waals surface area contributed by atoms with Crippen molar-refractivity contribution < 1.29 is 8.87 Å². The fourth-order valence-electron chi connectivity index (χ4n) is 1.24. The molecule has 0 radical (unpaired) electrons. The molecule has 0 saturated carbocycles. The lowest BCUT2D eigenvalue weighted by atomic mass is 9.97. The molecular formula is C11H25ClFN2+. The minimum absolute atomic E-state index is 0.178. The third kappa shape index (κ3) is 9.09. The molecule has 0 heterocycles. The van der Waals surface area contributed by atoms with Crippen molar-refractivity contribution >= 4 is 11.8 Å². The lowest BCUT2D eigenvalue weighted by Crippen LogP contribution is -2.37. The van der Waals surface area contributed by atoms with Crippen LogP contribution in [0, 0.1) is 0 Å². The van der Waals surface area contributed by atoms with Gasteiger partial charge in [0.1, 0.15) is 6.17 Å². The molecular weight excluding hydrogens is 215 g/mol. The maximum atomic E-state index is 13.5. The van der Waals surface area contributed by atoms with Crippen LogP contribution in [0.5, 0.6) is 0 Å². The summed E-state index contributed by atoms with van der Waals surface area (Å²) < 4.78 is 14.3. The van der Waals surface area contributed by atoms with Crippen LogP contribution < -0.4 is 4.84 Å². The molecule has 4 heteroatoms. The van der Waals surface area contributed by atoms with Crippen LogP contribution in [0.3, 0.4) is 0 Å².